The number of hydrogen-bond acceptors (Lipinski definition) is 3. The van der Waals surface area contributed by atoms with Crippen molar-refractivity contribution in [2.75, 3.05) is 0 Å². The van der Waals surface area contributed by atoms with Crippen LogP contribution in [-0.2, 0) is 6.42 Å². The van der Waals surface area contributed by atoms with E-state index in [1.807, 2.05) is 60.0 Å². The third kappa shape index (κ3) is 2.72. The highest BCUT2D eigenvalue weighted by molar-refractivity contribution is 7.09. The summed E-state index contributed by atoms with van der Waals surface area (Å²) in [5.74, 6) is 0.408. The second-order valence-corrected chi connectivity index (χ2v) is 7.95. The molecule has 0 aliphatic heterocycles. The Morgan fingerprint density at radius 2 is 1.39 bits per heavy atom. The van der Waals surface area contributed by atoms with Gasteiger partial charge in [-0.15, -0.1) is 11.3 Å². The number of aromatic hydroxyl groups is 2. The number of fused-ring (bicyclic) bond motifs is 2. The molecule has 2 N–H and O–H groups in total. The molecular formula is C25H18O2S. The summed E-state index contributed by atoms with van der Waals surface area (Å²) in [5, 5.41) is 28.1. The summed E-state index contributed by atoms with van der Waals surface area (Å²) in [4.78, 5) is 1.19. The minimum Gasteiger partial charge on any atom is -0.507 e. The summed E-state index contributed by atoms with van der Waals surface area (Å²) in [5.41, 5.74) is 2.24. The van der Waals surface area contributed by atoms with Crippen molar-refractivity contribution in [1.29, 1.82) is 0 Å². The molecule has 1 aromatic heterocycles. The summed E-state index contributed by atoms with van der Waals surface area (Å²) in [6.07, 6.45) is 0.660. The standard InChI is InChI=1S/C25H18O2S/c26-22-12-11-16-6-1-3-9-20(16)23(22)24-21-10-4-2-7-17(21)14-18(25(24)27)15-19-8-5-13-28-19/h1-14,26-27H,15H2. The van der Waals surface area contributed by atoms with E-state index >= 15 is 0 Å². The molecule has 0 bridgehead atoms. The third-order valence-electron chi connectivity index (χ3n) is 5.20. The Morgan fingerprint density at radius 1 is 0.679 bits per heavy atom. The van der Waals surface area contributed by atoms with Gasteiger partial charge in [0, 0.05) is 28.0 Å². The highest BCUT2D eigenvalue weighted by Gasteiger charge is 2.19. The average Bonchev–Trinajstić information content (AvgIpc) is 3.23. The van der Waals surface area contributed by atoms with Crippen molar-refractivity contribution in [3.05, 3.63) is 94.7 Å². The molecule has 2 nitrogen and oxygen atoms in total. The lowest BCUT2D eigenvalue weighted by Gasteiger charge is -2.17. The molecule has 0 aliphatic rings. The van der Waals surface area contributed by atoms with Crippen molar-refractivity contribution in [2.45, 2.75) is 6.42 Å². The Labute approximate surface area is 167 Å². The summed E-state index contributed by atoms with van der Waals surface area (Å²) >= 11 is 1.68. The Bertz CT molecular complexity index is 1300. The molecule has 28 heavy (non-hydrogen) atoms. The van der Waals surface area contributed by atoms with E-state index in [9.17, 15) is 10.2 Å². The Morgan fingerprint density at radius 3 is 2.14 bits per heavy atom. The smallest absolute Gasteiger partial charge is 0.127 e. The first-order valence-electron chi connectivity index (χ1n) is 9.19. The van der Waals surface area contributed by atoms with E-state index in [1.165, 1.54) is 4.88 Å². The van der Waals surface area contributed by atoms with Crippen molar-refractivity contribution in [3.63, 3.8) is 0 Å². The zero-order chi connectivity index (χ0) is 19.1. The first-order valence-corrected chi connectivity index (χ1v) is 10.1. The molecule has 1 heterocycles. The van der Waals surface area contributed by atoms with Gasteiger partial charge in [-0.1, -0.05) is 60.7 Å². The highest BCUT2D eigenvalue weighted by atomic mass is 32.1. The van der Waals surface area contributed by atoms with Crippen LogP contribution >= 0.6 is 11.3 Å². The molecule has 3 heteroatoms. The van der Waals surface area contributed by atoms with Crippen molar-refractivity contribution in [3.8, 4) is 22.6 Å². The summed E-state index contributed by atoms with van der Waals surface area (Å²) in [6.45, 7) is 0. The van der Waals surface area contributed by atoms with Crippen LogP contribution in [0.15, 0.2) is 84.2 Å². The number of benzene rings is 4. The molecule has 0 radical (unpaired) electrons. The van der Waals surface area contributed by atoms with Crippen molar-refractivity contribution >= 4 is 32.9 Å². The molecule has 0 unspecified atom stereocenters. The zero-order valence-corrected chi connectivity index (χ0v) is 15.9. The molecule has 0 saturated carbocycles. The van der Waals surface area contributed by atoms with Crippen LogP contribution in [0.25, 0.3) is 32.7 Å². The number of thiophene rings is 1. The van der Waals surface area contributed by atoms with Crippen LogP contribution in [0, 0.1) is 0 Å². The van der Waals surface area contributed by atoms with Gasteiger partial charge in [-0.05, 0) is 45.1 Å². The van der Waals surface area contributed by atoms with E-state index in [0.717, 1.165) is 27.1 Å². The lowest BCUT2D eigenvalue weighted by molar-refractivity contribution is 0.467. The molecule has 5 aromatic rings. The van der Waals surface area contributed by atoms with Gasteiger partial charge in [0.1, 0.15) is 11.5 Å². The molecule has 4 aromatic carbocycles. The first-order chi connectivity index (χ1) is 13.7. The van der Waals surface area contributed by atoms with Crippen LogP contribution in [0.4, 0.5) is 0 Å². The van der Waals surface area contributed by atoms with Gasteiger partial charge in [0.05, 0.1) is 0 Å². The van der Waals surface area contributed by atoms with Crippen LogP contribution in [0.2, 0.25) is 0 Å². The van der Waals surface area contributed by atoms with E-state index in [-0.39, 0.29) is 11.5 Å². The molecule has 0 fully saturated rings. The number of rotatable bonds is 3. The summed E-state index contributed by atoms with van der Waals surface area (Å²) in [7, 11) is 0. The van der Waals surface area contributed by atoms with Crippen LogP contribution in [0.5, 0.6) is 11.5 Å². The molecule has 0 atom stereocenters. The zero-order valence-electron chi connectivity index (χ0n) is 15.1. The lowest BCUT2D eigenvalue weighted by atomic mass is 9.89. The van der Waals surface area contributed by atoms with Crippen LogP contribution in [0.1, 0.15) is 10.4 Å². The normalized spacial score (nSPS) is 11.3. The van der Waals surface area contributed by atoms with Crippen molar-refractivity contribution in [2.24, 2.45) is 0 Å². The van der Waals surface area contributed by atoms with Gasteiger partial charge in [0.2, 0.25) is 0 Å². The lowest BCUT2D eigenvalue weighted by Crippen LogP contribution is -1.93. The maximum absolute atomic E-state index is 11.3. The van der Waals surface area contributed by atoms with Crippen LogP contribution < -0.4 is 0 Å². The second kappa shape index (κ2) is 6.70. The fraction of sp³-hybridized carbons (Fsp3) is 0.0400. The topological polar surface area (TPSA) is 40.5 Å². The van der Waals surface area contributed by atoms with Gasteiger partial charge in [-0.3, -0.25) is 0 Å². The summed E-state index contributed by atoms with van der Waals surface area (Å²) in [6, 6.07) is 25.7. The van der Waals surface area contributed by atoms with E-state index < -0.39 is 0 Å². The van der Waals surface area contributed by atoms with Gasteiger partial charge >= 0.3 is 0 Å². The van der Waals surface area contributed by atoms with Gasteiger partial charge in [0.15, 0.2) is 0 Å². The van der Waals surface area contributed by atoms with E-state index in [1.54, 1.807) is 17.4 Å². The molecule has 0 saturated heterocycles. The maximum Gasteiger partial charge on any atom is 0.127 e. The molecule has 0 amide bonds. The fourth-order valence-electron chi connectivity index (χ4n) is 3.91. The Hall–Kier alpha value is -3.30. The summed E-state index contributed by atoms with van der Waals surface area (Å²) < 4.78 is 0. The van der Waals surface area contributed by atoms with Gasteiger partial charge < -0.3 is 10.2 Å². The van der Waals surface area contributed by atoms with Crippen LogP contribution in [-0.4, -0.2) is 10.2 Å². The van der Waals surface area contributed by atoms with E-state index in [4.69, 9.17) is 0 Å². The van der Waals surface area contributed by atoms with Gasteiger partial charge in [0.25, 0.3) is 0 Å². The number of phenols is 2. The predicted molar refractivity (Wildman–Crippen MR) is 117 cm³/mol. The maximum atomic E-state index is 11.3. The fourth-order valence-corrected chi connectivity index (χ4v) is 4.63. The molecule has 136 valence electrons. The SMILES string of the molecule is Oc1ccc2ccccc2c1-c1c(O)c(Cc2cccs2)cc2ccccc12. The second-order valence-electron chi connectivity index (χ2n) is 6.92. The van der Waals surface area contributed by atoms with E-state index in [0.29, 0.717) is 17.5 Å². The molecular weight excluding hydrogens is 364 g/mol. The Balaban J connectivity index is 1.87. The molecule has 5 rings (SSSR count). The highest BCUT2D eigenvalue weighted by Crippen LogP contribution is 2.46. The number of phenolic OH excluding ortho intramolecular Hbond substituents is 2. The first kappa shape index (κ1) is 16.8. The molecule has 0 spiro atoms. The molecule has 0 aliphatic carbocycles. The predicted octanol–water partition coefficient (Wildman–Crippen LogP) is 6.72. The van der Waals surface area contributed by atoms with Crippen LogP contribution in [0.3, 0.4) is 0 Å². The average molecular weight is 382 g/mol. The minimum absolute atomic E-state index is 0.174. The van der Waals surface area contributed by atoms with Crippen molar-refractivity contribution in [1.82, 2.24) is 0 Å². The third-order valence-corrected chi connectivity index (χ3v) is 6.08. The van der Waals surface area contributed by atoms with Gasteiger partial charge in [-0.2, -0.15) is 0 Å². The van der Waals surface area contributed by atoms with Crippen molar-refractivity contribution < 1.29 is 10.2 Å². The number of hydrogen-bond donors (Lipinski definition) is 2. The van der Waals surface area contributed by atoms with Gasteiger partial charge in [-0.25, -0.2) is 0 Å². The minimum atomic E-state index is 0.174. The quantitative estimate of drug-likeness (QED) is 0.363. The largest absolute Gasteiger partial charge is 0.507 e. The Kier molecular flexibility index (Phi) is 4.03. The monoisotopic (exact) mass is 382 g/mol. The van der Waals surface area contributed by atoms with E-state index in [2.05, 4.69) is 18.2 Å².